The Morgan fingerprint density at radius 1 is 1.38 bits per heavy atom. The molecule has 0 radical (unpaired) electrons. The van der Waals surface area contributed by atoms with E-state index >= 15 is 0 Å². The number of hydrogen-bond acceptors (Lipinski definition) is 3. The zero-order chi connectivity index (χ0) is 6.62. The second-order valence-corrected chi connectivity index (χ2v) is 1.53. The molecule has 0 saturated heterocycles. The monoisotopic (exact) mass is 120 g/mol. The topological polar surface area (TPSA) is 49.7 Å². The molecule has 0 aromatic heterocycles. The Bertz CT molecular complexity index is 60.7. The summed E-state index contributed by atoms with van der Waals surface area (Å²) in [6.45, 7) is 3.66. The summed E-state index contributed by atoms with van der Waals surface area (Å²) in [5, 5.41) is 17.3. The average molecular weight is 120 g/mol. The van der Waals surface area contributed by atoms with Crippen molar-refractivity contribution < 1.29 is 14.9 Å². The minimum atomic E-state index is -1.91. The molecule has 0 aliphatic rings. The van der Waals surface area contributed by atoms with E-state index in [0.717, 1.165) is 0 Å². The van der Waals surface area contributed by atoms with Crippen molar-refractivity contribution in [2.45, 2.75) is 26.2 Å². The van der Waals surface area contributed by atoms with Crippen LogP contribution in [-0.2, 0) is 4.74 Å². The first kappa shape index (κ1) is 7.88. The van der Waals surface area contributed by atoms with E-state index in [4.69, 9.17) is 10.2 Å². The molecule has 0 saturated carbocycles. The van der Waals surface area contributed by atoms with Gasteiger partial charge in [0.15, 0.2) is 0 Å². The molecule has 8 heavy (non-hydrogen) atoms. The largest absolute Gasteiger partial charge is 0.343 e. The van der Waals surface area contributed by atoms with E-state index in [1.54, 1.807) is 13.8 Å². The first-order valence-corrected chi connectivity index (χ1v) is 2.71. The van der Waals surface area contributed by atoms with Crippen LogP contribution in [0.5, 0.6) is 0 Å². The zero-order valence-corrected chi connectivity index (χ0v) is 5.22. The van der Waals surface area contributed by atoms with Crippen molar-refractivity contribution in [1.82, 2.24) is 0 Å². The third-order valence-electron chi connectivity index (χ3n) is 0.836. The molecule has 0 aliphatic carbocycles. The molecule has 3 heteroatoms. The zero-order valence-electron chi connectivity index (χ0n) is 5.22. The predicted molar refractivity (Wildman–Crippen MR) is 29.1 cm³/mol. The van der Waals surface area contributed by atoms with Crippen LogP contribution >= 0.6 is 0 Å². The first-order valence-electron chi connectivity index (χ1n) is 2.71. The molecular formula is C5H12O3. The summed E-state index contributed by atoms with van der Waals surface area (Å²) >= 11 is 0. The van der Waals surface area contributed by atoms with Crippen molar-refractivity contribution >= 4 is 0 Å². The molecule has 0 unspecified atom stereocenters. The first-order chi connectivity index (χ1) is 3.62. The molecule has 0 heterocycles. The molecule has 0 aromatic rings. The summed E-state index contributed by atoms with van der Waals surface area (Å²) < 4.78 is 4.49. The average Bonchev–Trinajstić information content (AvgIpc) is 1.67. The SMILES string of the molecule is CCOC(O)(O)CC. The summed E-state index contributed by atoms with van der Waals surface area (Å²) in [5.41, 5.74) is 0. The Kier molecular flexibility index (Phi) is 2.97. The summed E-state index contributed by atoms with van der Waals surface area (Å²) in [4.78, 5) is 0. The van der Waals surface area contributed by atoms with Crippen LogP contribution in [0.2, 0.25) is 0 Å². The fourth-order valence-corrected chi connectivity index (χ4v) is 0.333. The van der Waals surface area contributed by atoms with Gasteiger partial charge in [0.2, 0.25) is 0 Å². The van der Waals surface area contributed by atoms with Gasteiger partial charge in [-0.3, -0.25) is 0 Å². The summed E-state index contributed by atoms with van der Waals surface area (Å²) in [5.74, 6) is -1.91. The molecule has 50 valence electrons. The van der Waals surface area contributed by atoms with Crippen molar-refractivity contribution in [3.63, 3.8) is 0 Å². The van der Waals surface area contributed by atoms with Gasteiger partial charge in [-0.25, -0.2) is 0 Å². The van der Waals surface area contributed by atoms with Gasteiger partial charge >= 0.3 is 0 Å². The third kappa shape index (κ3) is 2.96. The van der Waals surface area contributed by atoms with Crippen LogP contribution in [0.4, 0.5) is 0 Å². The van der Waals surface area contributed by atoms with Crippen LogP contribution in [-0.4, -0.2) is 22.8 Å². The Balaban J connectivity index is 3.37. The maximum Gasteiger partial charge on any atom is 0.277 e. The van der Waals surface area contributed by atoms with Crippen molar-refractivity contribution in [3.05, 3.63) is 0 Å². The van der Waals surface area contributed by atoms with Gasteiger partial charge in [0.25, 0.3) is 5.97 Å². The standard InChI is InChI=1S/C5H12O3/c1-3-5(6,7)8-4-2/h6-7H,3-4H2,1-2H3. The summed E-state index contributed by atoms with van der Waals surface area (Å²) in [7, 11) is 0. The fourth-order valence-electron chi connectivity index (χ4n) is 0.333. The number of ether oxygens (including phenoxy) is 1. The highest BCUT2D eigenvalue weighted by molar-refractivity contribution is 4.42. The normalized spacial score (nSPS) is 12.0. The summed E-state index contributed by atoms with van der Waals surface area (Å²) in [6.07, 6.45) is 0.195. The lowest BCUT2D eigenvalue weighted by molar-refractivity contribution is -0.336. The van der Waals surface area contributed by atoms with E-state index in [1.807, 2.05) is 0 Å². The van der Waals surface area contributed by atoms with Gasteiger partial charge in [-0.1, -0.05) is 6.92 Å². The van der Waals surface area contributed by atoms with Crippen LogP contribution in [0, 0.1) is 0 Å². The van der Waals surface area contributed by atoms with Gasteiger partial charge in [-0.2, -0.15) is 0 Å². The quantitative estimate of drug-likeness (QED) is 0.518. The molecule has 0 spiro atoms. The molecule has 2 N–H and O–H groups in total. The van der Waals surface area contributed by atoms with Crippen LogP contribution in [0.25, 0.3) is 0 Å². The summed E-state index contributed by atoms with van der Waals surface area (Å²) in [6, 6.07) is 0. The van der Waals surface area contributed by atoms with Gasteiger partial charge < -0.3 is 14.9 Å². The van der Waals surface area contributed by atoms with Crippen molar-refractivity contribution in [2.24, 2.45) is 0 Å². The number of rotatable bonds is 3. The predicted octanol–water partition coefficient (Wildman–Crippen LogP) is 0.0713. The Morgan fingerprint density at radius 3 is 2.00 bits per heavy atom. The lowest BCUT2D eigenvalue weighted by atomic mass is 10.4. The fraction of sp³-hybridized carbons (Fsp3) is 1.00. The Hall–Kier alpha value is -0.120. The molecular weight excluding hydrogens is 108 g/mol. The highest BCUT2D eigenvalue weighted by Gasteiger charge is 2.18. The van der Waals surface area contributed by atoms with Gasteiger partial charge in [0, 0.05) is 13.0 Å². The van der Waals surface area contributed by atoms with E-state index in [0.29, 0.717) is 6.61 Å². The van der Waals surface area contributed by atoms with E-state index < -0.39 is 5.97 Å². The molecule has 0 bridgehead atoms. The molecule has 0 aromatic carbocycles. The van der Waals surface area contributed by atoms with Gasteiger partial charge in [-0.05, 0) is 6.92 Å². The minimum Gasteiger partial charge on any atom is -0.343 e. The van der Waals surface area contributed by atoms with Crippen molar-refractivity contribution in [2.75, 3.05) is 6.61 Å². The van der Waals surface area contributed by atoms with Crippen LogP contribution in [0.15, 0.2) is 0 Å². The molecule has 0 aliphatic heterocycles. The lowest BCUT2D eigenvalue weighted by Crippen LogP contribution is -2.30. The van der Waals surface area contributed by atoms with Crippen molar-refractivity contribution in [3.8, 4) is 0 Å². The lowest BCUT2D eigenvalue weighted by Gasteiger charge is -2.17. The minimum absolute atomic E-state index is 0.195. The maximum absolute atomic E-state index is 8.66. The number of hydrogen-bond donors (Lipinski definition) is 2. The second-order valence-electron chi connectivity index (χ2n) is 1.53. The van der Waals surface area contributed by atoms with Gasteiger partial charge in [0.1, 0.15) is 0 Å². The maximum atomic E-state index is 8.66. The molecule has 0 fully saturated rings. The van der Waals surface area contributed by atoms with Crippen molar-refractivity contribution in [1.29, 1.82) is 0 Å². The second kappa shape index (κ2) is 3.02. The molecule has 3 nitrogen and oxygen atoms in total. The van der Waals surface area contributed by atoms with Gasteiger partial charge in [0.05, 0.1) is 0 Å². The van der Waals surface area contributed by atoms with Crippen LogP contribution in [0.1, 0.15) is 20.3 Å². The highest BCUT2D eigenvalue weighted by Crippen LogP contribution is 2.04. The number of aliphatic hydroxyl groups is 2. The van der Waals surface area contributed by atoms with E-state index in [-0.39, 0.29) is 6.42 Å². The van der Waals surface area contributed by atoms with Crippen LogP contribution < -0.4 is 0 Å². The van der Waals surface area contributed by atoms with E-state index in [9.17, 15) is 0 Å². The molecule has 0 rings (SSSR count). The van der Waals surface area contributed by atoms with Gasteiger partial charge in [-0.15, -0.1) is 0 Å². The smallest absolute Gasteiger partial charge is 0.277 e. The Labute approximate surface area is 48.9 Å². The van der Waals surface area contributed by atoms with Crippen LogP contribution in [0.3, 0.4) is 0 Å². The third-order valence-corrected chi connectivity index (χ3v) is 0.836. The van der Waals surface area contributed by atoms with E-state index in [2.05, 4.69) is 4.74 Å². The highest BCUT2D eigenvalue weighted by atomic mass is 16.8. The molecule has 0 atom stereocenters. The van der Waals surface area contributed by atoms with E-state index in [1.165, 1.54) is 0 Å². The Morgan fingerprint density at radius 2 is 1.88 bits per heavy atom. The molecule has 0 amide bonds.